The minimum atomic E-state index is -4.83. The first kappa shape index (κ1) is 22.8. The Hall–Kier alpha value is -3.00. The van der Waals surface area contributed by atoms with Crippen molar-refractivity contribution in [1.29, 1.82) is 0 Å². The molecular formula is C20H10Cl2N2O8S2. The molecule has 14 heteroatoms. The molecule has 0 amide bonds. The Balaban J connectivity index is 2.02. The Morgan fingerprint density at radius 2 is 1.32 bits per heavy atom. The first-order valence-electron chi connectivity index (χ1n) is 9.20. The molecule has 0 spiro atoms. The molecule has 0 bridgehead atoms. The average Bonchev–Trinajstić information content (AvgIpc) is 2.71. The summed E-state index contributed by atoms with van der Waals surface area (Å²) in [7, 11) is -9.65. The van der Waals surface area contributed by atoms with Crippen LogP contribution in [0.3, 0.4) is 0 Å². The van der Waals surface area contributed by atoms with Gasteiger partial charge in [-0.15, -0.1) is 0 Å². The predicted octanol–water partition coefficient (Wildman–Crippen LogP) is 3.48. The van der Waals surface area contributed by atoms with Crippen LogP contribution in [0.1, 0.15) is 0 Å². The summed E-state index contributed by atoms with van der Waals surface area (Å²) in [5.41, 5.74) is -1.49. The van der Waals surface area contributed by atoms with Crippen LogP contribution in [0.15, 0.2) is 55.8 Å². The summed E-state index contributed by atoms with van der Waals surface area (Å²) in [4.78, 5) is 30.6. The molecule has 4 N–H and O–H groups in total. The summed E-state index contributed by atoms with van der Waals surface area (Å²) in [5.74, 6) is 0. The second-order valence-corrected chi connectivity index (χ2v) is 11.0. The molecule has 0 saturated heterocycles. The van der Waals surface area contributed by atoms with Gasteiger partial charge in [0.15, 0.2) is 10.9 Å². The smallest absolute Gasteiger partial charge is 0.298 e. The van der Waals surface area contributed by atoms with E-state index >= 15 is 0 Å². The van der Waals surface area contributed by atoms with Crippen LogP contribution in [-0.4, -0.2) is 35.9 Å². The lowest BCUT2D eigenvalue weighted by Gasteiger charge is -2.10. The molecule has 34 heavy (non-hydrogen) atoms. The van der Waals surface area contributed by atoms with Crippen molar-refractivity contribution >= 4 is 87.0 Å². The Kier molecular flexibility index (Phi) is 4.86. The monoisotopic (exact) mass is 540 g/mol. The highest BCUT2D eigenvalue weighted by Crippen LogP contribution is 2.31. The maximum Gasteiger partial charge on any atom is 0.298 e. The quantitative estimate of drug-likeness (QED) is 0.194. The molecule has 174 valence electrons. The van der Waals surface area contributed by atoms with E-state index in [0.29, 0.717) is 0 Å². The second kappa shape index (κ2) is 7.25. The summed E-state index contributed by atoms with van der Waals surface area (Å²) in [6, 6.07) is 7.22. The molecule has 0 radical (unpaired) electrons. The van der Waals surface area contributed by atoms with Crippen molar-refractivity contribution in [3.05, 3.63) is 66.9 Å². The number of nitrogens with one attached hydrogen (secondary N) is 2. The number of halogens is 2. The van der Waals surface area contributed by atoms with Crippen LogP contribution < -0.4 is 10.9 Å². The number of aromatic amines is 2. The van der Waals surface area contributed by atoms with E-state index in [1.54, 1.807) is 0 Å². The molecule has 2 heterocycles. The average molecular weight is 541 g/mol. The first-order valence-corrected chi connectivity index (χ1v) is 12.8. The van der Waals surface area contributed by atoms with Gasteiger partial charge in [-0.1, -0.05) is 23.2 Å². The summed E-state index contributed by atoms with van der Waals surface area (Å²) in [5, 5.41) is -0.834. The van der Waals surface area contributed by atoms with Crippen molar-refractivity contribution in [2.75, 3.05) is 0 Å². The van der Waals surface area contributed by atoms with Crippen molar-refractivity contribution in [2.45, 2.75) is 9.79 Å². The third kappa shape index (κ3) is 3.38. The fraction of sp³-hybridized carbons (Fsp3) is 0. The lowest BCUT2D eigenvalue weighted by molar-refractivity contribution is 0.482. The van der Waals surface area contributed by atoms with Gasteiger partial charge in [0.1, 0.15) is 9.79 Å². The molecular weight excluding hydrogens is 531 g/mol. The molecule has 0 fully saturated rings. The van der Waals surface area contributed by atoms with Crippen LogP contribution in [0.2, 0.25) is 10.0 Å². The highest BCUT2D eigenvalue weighted by Gasteiger charge is 2.23. The van der Waals surface area contributed by atoms with Gasteiger partial charge in [0.05, 0.1) is 32.5 Å². The number of benzene rings is 3. The van der Waals surface area contributed by atoms with Gasteiger partial charge in [-0.05, 0) is 36.4 Å². The zero-order valence-electron chi connectivity index (χ0n) is 16.4. The van der Waals surface area contributed by atoms with Crippen LogP contribution in [0, 0.1) is 0 Å². The summed E-state index contributed by atoms with van der Waals surface area (Å²) in [6.07, 6.45) is 0. The van der Waals surface area contributed by atoms with Crippen molar-refractivity contribution in [2.24, 2.45) is 0 Å². The number of hydrogen-bond donors (Lipinski definition) is 4. The molecule has 0 aliphatic carbocycles. The molecule has 0 aliphatic rings. The summed E-state index contributed by atoms with van der Waals surface area (Å²) in [6.45, 7) is 0. The van der Waals surface area contributed by atoms with Crippen molar-refractivity contribution in [1.82, 2.24) is 9.97 Å². The van der Waals surface area contributed by atoms with E-state index in [1.807, 2.05) is 0 Å². The maximum atomic E-state index is 13.3. The van der Waals surface area contributed by atoms with Gasteiger partial charge in [-0.25, -0.2) is 0 Å². The first-order chi connectivity index (χ1) is 15.8. The SMILES string of the molecule is O=c1c2cc3[nH]c4cc(Cl)cc(S(=O)(=O)O)c4c(=O)c3cc2[nH]c2c(S(=O)(=O)O)c(Cl)ccc12. The zero-order chi connectivity index (χ0) is 24.7. The number of fused-ring (bicyclic) bond motifs is 4. The molecule has 0 unspecified atom stereocenters. The van der Waals surface area contributed by atoms with Gasteiger partial charge in [-0.3, -0.25) is 18.7 Å². The van der Waals surface area contributed by atoms with Gasteiger partial charge in [0.2, 0.25) is 0 Å². The van der Waals surface area contributed by atoms with E-state index < -0.39 is 40.9 Å². The number of rotatable bonds is 2. The van der Waals surface area contributed by atoms with E-state index in [1.165, 1.54) is 24.3 Å². The maximum absolute atomic E-state index is 13.3. The number of H-pyrrole nitrogens is 2. The van der Waals surface area contributed by atoms with Crippen molar-refractivity contribution in [3.8, 4) is 0 Å². The van der Waals surface area contributed by atoms with Gasteiger partial charge >= 0.3 is 0 Å². The molecule has 0 saturated carbocycles. The Morgan fingerprint density at radius 1 is 0.706 bits per heavy atom. The number of aromatic nitrogens is 2. The number of pyridine rings is 2. The molecule has 5 rings (SSSR count). The van der Waals surface area contributed by atoms with Crippen LogP contribution in [0.25, 0.3) is 43.6 Å². The molecule has 0 atom stereocenters. The molecule has 2 aromatic heterocycles. The Bertz CT molecular complexity index is 2080. The highest BCUT2D eigenvalue weighted by molar-refractivity contribution is 7.86. The van der Waals surface area contributed by atoms with E-state index in [0.717, 1.165) is 12.1 Å². The lowest BCUT2D eigenvalue weighted by atomic mass is 10.1. The van der Waals surface area contributed by atoms with E-state index in [4.69, 9.17) is 23.2 Å². The third-order valence-corrected chi connectivity index (χ3v) is 7.82. The minimum Gasteiger partial charge on any atom is -0.354 e. The fourth-order valence-corrected chi connectivity index (χ4v) is 6.19. The normalized spacial score (nSPS) is 12.8. The topological polar surface area (TPSA) is 174 Å². The number of hydrogen-bond acceptors (Lipinski definition) is 6. The van der Waals surface area contributed by atoms with Gasteiger partial charge in [-0.2, -0.15) is 16.8 Å². The van der Waals surface area contributed by atoms with E-state index in [-0.39, 0.29) is 53.7 Å². The highest BCUT2D eigenvalue weighted by atomic mass is 35.5. The van der Waals surface area contributed by atoms with E-state index in [2.05, 4.69) is 9.97 Å². The standard InChI is InChI=1S/C20H10Cl2N2O8S2/c21-7-3-14-16(15(4-7)33(27,28)29)19(26)10-6-13-9(5-12(10)23-14)18(25)8-1-2-11(22)20(17(8)24-13)34(30,31)32/h1-6H,(H,23,26)(H,24,25)(H,27,28,29)(H,30,31,32). The Labute approximate surface area is 199 Å². The van der Waals surface area contributed by atoms with Crippen molar-refractivity contribution < 1.29 is 25.9 Å². The minimum absolute atomic E-state index is 0.00892. The molecule has 5 aromatic rings. The van der Waals surface area contributed by atoms with Gasteiger partial charge < -0.3 is 9.97 Å². The largest absolute Gasteiger partial charge is 0.354 e. The predicted molar refractivity (Wildman–Crippen MR) is 127 cm³/mol. The van der Waals surface area contributed by atoms with Crippen molar-refractivity contribution in [3.63, 3.8) is 0 Å². The Morgan fingerprint density at radius 3 is 1.94 bits per heavy atom. The summed E-state index contributed by atoms with van der Waals surface area (Å²) < 4.78 is 66.7. The van der Waals surface area contributed by atoms with Crippen LogP contribution in [0.5, 0.6) is 0 Å². The molecule has 3 aromatic carbocycles. The third-order valence-electron chi connectivity index (χ3n) is 5.36. The van der Waals surface area contributed by atoms with Crippen LogP contribution in [-0.2, 0) is 20.2 Å². The lowest BCUT2D eigenvalue weighted by Crippen LogP contribution is -2.12. The van der Waals surface area contributed by atoms with E-state index in [9.17, 15) is 35.5 Å². The second-order valence-electron chi connectivity index (χ2n) is 7.43. The van der Waals surface area contributed by atoms with Gasteiger partial charge in [0, 0.05) is 21.2 Å². The molecule has 0 aliphatic heterocycles. The van der Waals surface area contributed by atoms with Crippen LogP contribution >= 0.6 is 23.2 Å². The molecule has 10 nitrogen and oxygen atoms in total. The fourth-order valence-electron chi connectivity index (χ4n) is 3.98. The zero-order valence-corrected chi connectivity index (χ0v) is 19.5. The van der Waals surface area contributed by atoms with Gasteiger partial charge in [0.25, 0.3) is 20.2 Å². The van der Waals surface area contributed by atoms with Crippen LogP contribution in [0.4, 0.5) is 0 Å². The summed E-state index contributed by atoms with van der Waals surface area (Å²) >= 11 is 11.9.